The Kier molecular flexibility index (Phi) is 8.76. The largest absolute Gasteiger partial charge is 0.573 e. The summed E-state index contributed by atoms with van der Waals surface area (Å²) >= 11 is 0. The number of para-hydroxylation sites is 1. The molecule has 0 aromatic heterocycles. The number of hydrogen-bond donors (Lipinski definition) is 1. The van der Waals surface area contributed by atoms with Crippen molar-refractivity contribution in [2.45, 2.75) is 38.0 Å². The van der Waals surface area contributed by atoms with Gasteiger partial charge in [-0.15, -0.1) is 13.2 Å². The Morgan fingerprint density at radius 3 is 2.29 bits per heavy atom. The van der Waals surface area contributed by atoms with Crippen LogP contribution in [-0.4, -0.2) is 66.9 Å². The predicted octanol–water partition coefficient (Wildman–Crippen LogP) is 4.54. The minimum atomic E-state index is -4.72. The Morgan fingerprint density at radius 1 is 0.927 bits per heavy atom. The number of benzene rings is 3. The maximum atomic E-state index is 13.8. The van der Waals surface area contributed by atoms with Gasteiger partial charge in [0.25, 0.3) is 0 Å². The fourth-order valence-electron chi connectivity index (χ4n) is 5.59. The summed E-state index contributed by atoms with van der Waals surface area (Å²) in [6, 6.07) is 25.4. The minimum absolute atomic E-state index is 0.0440. The van der Waals surface area contributed by atoms with Crippen LogP contribution in [0.2, 0.25) is 0 Å². The van der Waals surface area contributed by atoms with Gasteiger partial charge in [-0.1, -0.05) is 54.6 Å². The van der Waals surface area contributed by atoms with Gasteiger partial charge in [0, 0.05) is 51.9 Å². The number of ether oxygens (including phenoxy) is 1. The maximum absolute atomic E-state index is 13.8. The second-order valence-corrected chi connectivity index (χ2v) is 10.4. The molecule has 2 atom stereocenters. The number of carbonyl (C=O) groups excluding carboxylic acids is 1. The van der Waals surface area contributed by atoms with Gasteiger partial charge in [-0.3, -0.25) is 9.69 Å². The van der Waals surface area contributed by atoms with Crippen molar-refractivity contribution >= 4 is 11.6 Å². The Balaban J connectivity index is 1.22. The van der Waals surface area contributed by atoms with Crippen LogP contribution in [0.4, 0.5) is 18.9 Å². The molecule has 0 saturated carbocycles. The normalized spacial score (nSPS) is 19.7. The zero-order valence-corrected chi connectivity index (χ0v) is 22.6. The third-order valence-corrected chi connectivity index (χ3v) is 7.63. The van der Waals surface area contributed by atoms with Crippen molar-refractivity contribution in [1.29, 1.82) is 5.26 Å². The number of amides is 1. The smallest absolute Gasteiger partial charge is 0.406 e. The molecule has 41 heavy (non-hydrogen) atoms. The molecular weight excluding hydrogens is 531 g/mol. The van der Waals surface area contributed by atoms with E-state index in [0.29, 0.717) is 57.8 Å². The molecule has 7 nitrogen and oxygen atoms in total. The van der Waals surface area contributed by atoms with Gasteiger partial charge in [0.1, 0.15) is 11.8 Å². The van der Waals surface area contributed by atoms with Crippen LogP contribution in [-0.2, 0) is 17.9 Å². The third kappa shape index (κ3) is 7.37. The second kappa shape index (κ2) is 12.6. The number of anilines is 1. The van der Waals surface area contributed by atoms with Crippen LogP contribution in [0.5, 0.6) is 5.75 Å². The van der Waals surface area contributed by atoms with E-state index in [0.717, 1.165) is 16.8 Å². The highest BCUT2D eigenvalue weighted by Crippen LogP contribution is 2.26. The van der Waals surface area contributed by atoms with Crippen LogP contribution in [0, 0.1) is 11.3 Å². The first kappa shape index (κ1) is 28.5. The lowest BCUT2D eigenvalue weighted by molar-refractivity contribution is -0.274. The minimum Gasteiger partial charge on any atom is -0.406 e. The zero-order chi connectivity index (χ0) is 28.8. The SMILES string of the molecule is N#Cc1ccccc1N1CCN(C(=O)[C@@H]2C[C@H](NCc3ccc(OC(F)(F)F)cc3)CN2Cc2ccccc2)CC1. The molecule has 2 heterocycles. The van der Waals surface area contributed by atoms with Gasteiger partial charge in [0.2, 0.25) is 5.91 Å². The average Bonchev–Trinajstić information content (AvgIpc) is 3.38. The van der Waals surface area contributed by atoms with Gasteiger partial charge in [0.15, 0.2) is 0 Å². The van der Waals surface area contributed by atoms with Crippen molar-refractivity contribution in [2.24, 2.45) is 0 Å². The predicted molar refractivity (Wildman–Crippen MR) is 149 cm³/mol. The Hall–Kier alpha value is -4.07. The van der Waals surface area contributed by atoms with Crippen LogP contribution in [0.25, 0.3) is 0 Å². The molecule has 3 aromatic rings. The van der Waals surface area contributed by atoms with Crippen LogP contribution in [0.15, 0.2) is 78.9 Å². The lowest BCUT2D eigenvalue weighted by Gasteiger charge is -2.38. The number of hydrogen-bond acceptors (Lipinski definition) is 6. The molecule has 0 radical (unpaired) electrons. The van der Waals surface area contributed by atoms with Gasteiger partial charge in [0.05, 0.1) is 17.3 Å². The molecule has 0 bridgehead atoms. The molecule has 2 fully saturated rings. The fourth-order valence-corrected chi connectivity index (χ4v) is 5.59. The standard InChI is InChI=1S/C31H32F3N5O2/c32-31(33,34)41-27-12-10-23(11-13-27)20-36-26-18-29(39(22-26)21-24-6-2-1-3-7-24)30(40)38-16-14-37(15-17-38)28-9-5-4-8-25(28)19-35/h1-13,26,29,36H,14-18,20-22H2/t26-,29-/m0/s1. The molecule has 10 heteroatoms. The highest BCUT2D eigenvalue weighted by Gasteiger charge is 2.39. The number of nitrogens with zero attached hydrogens (tertiary/aromatic N) is 4. The lowest BCUT2D eigenvalue weighted by atomic mass is 10.1. The van der Waals surface area contributed by atoms with Crippen LogP contribution >= 0.6 is 0 Å². The Morgan fingerprint density at radius 2 is 1.61 bits per heavy atom. The number of rotatable bonds is 8. The molecule has 5 rings (SSSR count). The van der Waals surface area contributed by atoms with Crippen molar-refractivity contribution in [3.05, 3.63) is 95.6 Å². The highest BCUT2D eigenvalue weighted by atomic mass is 19.4. The molecule has 1 N–H and O–H groups in total. The van der Waals surface area contributed by atoms with E-state index in [1.54, 1.807) is 12.1 Å². The number of alkyl halides is 3. The highest BCUT2D eigenvalue weighted by molar-refractivity contribution is 5.82. The number of nitriles is 1. The third-order valence-electron chi connectivity index (χ3n) is 7.63. The Bertz CT molecular complexity index is 1350. The fraction of sp³-hybridized carbons (Fsp3) is 0.355. The van der Waals surface area contributed by atoms with E-state index in [-0.39, 0.29) is 23.7 Å². The first-order valence-electron chi connectivity index (χ1n) is 13.7. The first-order chi connectivity index (χ1) is 19.8. The second-order valence-electron chi connectivity index (χ2n) is 10.4. The lowest BCUT2D eigenvalue weighted by Crippen LogP contribution is -2.53. The van der Waals surface area contributed by atoms with Crippen molar-refractivity contribution in [3.63, 3.8) is 0 Å². The van der Waals surface area contributed by atoms with E-state index in [1.807, 2.05) is 47.4 Å². The van der Waals surface area contributed by atoms with Crippen molar-refractivity contribution in [2.75, 3.05) is 37.6 Å². The zero-order valence-electron chi connectivity index (χ0n) is 22.6. The maximum Gasteiger partial charge on any atom is 0.573 e. The van der Waals surface area contributed by atoms with E-state index >= 15 is 0 Å². The molecule has 214 valence electrons. The van der Waals surface area contributed by atoms with Crippen molar-refractivity contribution in [3.8, 4) is 11.8 Å². The summed E-state index contributed by atoms with van der Waals surface area (Å²) in [5.74, 6) is -0.148. The topological polar surface area (TPSA) is 71.8 Å². The summed E-state index contributed by atoms with van der Waals surface area (Å²) < 4.78 is 41.4. The van der Waals surface area contributed by atoms with Crippen LogP contribution in [0.3, 0.4) is 0 Å². The van der Waals surface area contributed by atoms with E-state index < -0.39 is 6.36 Å². The van der Waals surface area contributed by atoms with Crippen molar-refractivity contribution < 1.29 is 22.7 Å². The van der Waals surface area contributed by atoms with Crippen molar-refractivity contribution in [1.82, 2.24) is 15.1 Å². The van der Waals surface area contributed by atoms with Gasteiger partial charge < -0.3 is 19.9 Å². The summed E-state index contributed by atoms with van der Waals surface area (Å²) in [6.45, 7) is 4.27. The van der Waals surface area contributed by atoms with Crippen LogP contribution < -0.4 is 15.0 Å². The molecule has 2 saturated heterocycles. The van der Waals surface area contributed by atoms with Gasteiger partial charge >= 0.3 is 6.36 Å². The average molecular weight is 564 g/mol. The monoisotopic (exact) mass is 563 g/mol. The van der Waals surface area contributed by atoms with Gasteiger partial charge in [-0.25, -0.2) is 0 Å². The number of piperazine rings is 1. The number of halogens is 3. The van der Waals surface area contributed by atoms with E-state index in [4.69, 9.17) is 0 Å². The van der Waals surface area contributed by atoms with E-state index in [2.05, 4.69) is 38.1 Å². The summed E-state index contributed by atoms with van der Waals surface area (Å²) in [5.41, 5.74) is 3.49. The molecule has 0 unspecified atom stereocenters. The van der Waals surface area contributed by atoms with Crippen LogP contribution in [0.1, 0.15) is 23.1 Å². The van der Waals surface area contributed by atoms with Gasteiger partial charge in [-0.05, 0) is 41.8 Å². The number of carbonyl (C=O) groups is 1. The molecule has 2 aliphatic heterocycles. The molecule has 0 aliphatic carbocycles. The summed E-state index contributed by atoms with van der Waals surface area (Å²) in [5, 5.41) is 13.0. The Labute approximate surface area is 237 Å². The molecule has 3 aromatic carbocycles. The van der Waals surface area contributed by atoms with E-state index in [9.17, 15) is 23.2 Å². The van der Waals surface area contributed by atoms with Gasteiger partial charge in [-0.2, -0.15) is 5.26 Å². The number of nitrogens with one attached hydrogen (secondary N) is 1. The summed E-state index contributed by atoms with van der Waals surface area (Å²) in [6.07, 6.45) is -4.08. The number of likely N-dealkylation sites (tertiary alicyclic amines) is 1. The first-order valence-corrected chi connectivity index (χ1v) is 13.7. The quantitative estimate of drug-likeness (QED) is 0.434. The molecule has 1 amide bonds. The molecule has 0 spiro atoms. The molecule has 2 aliphatic rings. The summed E-state index contributed by atoms with van der Waals surface area (Å²) in [7, 11) is 0. The summed E-state index contributed by atoms with van der Waals surface area (Å²) in [4.78, 5) is 20.1. The van der Waals surface area contributed by atoms with E-state index in [1.165, 1.54) is 12.1 Å². The molecular formula is C31H32F3N5O2.